The van der Waals surface area contributed by atoms with Crippen LogP contribution in [-0.4, -0.2) is 28.3 Å². The fourth-order valence-corrected chi connectivity index (χ4v) is 3.15. The summed E-state index contributed by atoms with van der Waals surface area (Å²) in [5, 5.41) is 0. The van der Waals surface area contributed by atoms with Gasteiger partial charge in [-0.05, 0) is 52.2 Å². The molecule has 3 aromatic rings. The van der Waals surface area contributed by atoms with Gasteiger partial charge in [0.15, 0.2) is 0 Å². The van der Waals surface area contributed by atoms with E-state index >= 15 is 0 Å². The molecule has 1 aromatic heterocycles. The van der Waals surface area contributed by atoms with Gasteiger partial charge in [0.2, 0.25) is 0 Å². The smallest absolute Gasteiger partial charge is 0.489 e. The van der Waals surface area contributed by atoms with Gasteiger partial charge in [-0.2, -0.15) is 0 Å². The van der Waals surface area contributed by atoms with E-state index in [2.05, 4.69) is 9.97 Å². The van der Waals surface area contributed by atoms with Crippen molar-refractivity contribution in [3.05, 3.63) is 72.1 Å². The summed E-state index contributed by atoms with van der Waals surface area (Å²) in [5.41, 5.74) is 0.866. The van der Waals surface area contributed by atoms with Crippen LogP contribution in [0.5, 0.6) is 17.2 Å². The Balaban J connectivity index is 1.42. The molecule has 0 amide bonds. The van der Waals surface area contributed by atoms with E-state index in [0.717, 1.165) is 11.0 Å². The second kappa shape index (κ2) is 8.52. The van der Waals surface area contributed by atoms with E-state index in [1.807, 2.05) is 46.8 Å². The second-order valence-corrected chi connectivity index (χ2v) is 8.81. The van der Waals surface area contributed by atoms with Crippen molar-refractivity contribution < 1.29 is 23.2 Å². The van der Waals surface area contributed by atoms with E-state index in [1.165, 1.54) is 12.1 Å². The highest BCUT2D eigenvalue weighted by atomic mass is 19.1. The molecule has 166 valence electrons. The van der Waals surface area contributed by atoms with E-state index in [1.54, 1.807) is 30.6 Å². The maximum Gasteiger partial charge on any atom is 0.494 e. The van der Waals surface area contributed by atoms with E-state index in [-0.39, 0.29) is 6.61 Å². The summed E-state index contributed by atoms with van der Waals surface area (Å²) < 4.78 is 37.8. The molecular formula is C24H26BFN2O4. The van der Waals surface area contributed by atoms with Gasteiger partial charge in [-0.1, -0.05) is 12.1 Å². The van der Waals surface area contributed by atoms with Gasteiger partial charge in [0.25, 0.3) is 0 Å². The lowest BCUT2D eigenvalue weighted by atomic mass is 9.79. The fourth-order valence-electron chi connectivity index (χ4n) is 3.15. The zero-order valence-corrected chi connectivity index (χ0v) is 18.9. The molecule has 6 nitrogen and oxygen atoms in total. The summed E-state index contributed by atoms with van der Waals surface area (Å²) in [6.07, 6.45) is 3.36. The van der Waals surface area contributed by atoms with Gasteiger partial charge in [-0.15, -0.1) is 0 Å². The molecule has 1 aliphatic heterocycles. The topological polar surface area (TPSA) is 62.7 Å². The first-order valence-corrected chi connectivity index (χ1v) is 10.5. The Kier molecular flexibility index (Phi) is 5.92. The molecule has 0 atom stereocenters. The van der Waals surface area contributed by atoms with Crippen molar-refractivity contribution >= 4 is 12.6 Å². The van der Waals surface area contributed by atoms with Crippen molar-refractivity contribution in [1.29, 1.82) is 0 Å². The summed E-state index contributed by atoms with van der Waals surface area (Å²) in [4.78, 5) is 8.25. The van der Waals surface area contributed by atoms with Crippen molar-refractivity contribution in [2.24, 2.45) is 0 Å². The molecule has 8 heteroatoms. The normalized spacial score (nSPS) is 16.8. The summed E-state index contributed by atoms with van der Waals surface area (Å²) in [6, 6.07) is 11.6. The molecule has 32 heavy (non-hydrogen) atoms. The first kappa shape index (κ1) is 22.2. The van der Waals surface area contributed by atoms with Crippen molar-refractivity contribution in [1.82, 2.24) is 9.97 Å². The molecule has 0 bridgehead atoms. The standard InChI is InChI=1S/C24H26BFN2O4/c1-16-27-13-17(14-28-16)15-29-21-10-19(26)11-22(12-21)30-20-8-6-18(7-9-20)25-31-23(2,3)24(4,5)32-25/h6-14H,15H2,1-5H3. The van der Waals surface area contributed by atoms with Gasteiger partial charge >= 0.3 is 7.12 Å². The average Bonchev–Trinajstić information content (AvgIpc) is 2.95. The number of aryl methyl sites for hydroxylation is 1. The predicted molar refractivity (Wildman–Crippen MR) is 120 cm³/mol. The number of nitrogens with zero attached hydrogens (tertiary/aromatic N) is 2. The summed E-state index contributed by atoms with van der Waals surface area (Å²) >= 11 is 0. The third kappa shape index (κ3) is 4.92. The fraction of sp³-hybridized carbons (Fsp3) is 0.333. The number of ether oxygens (including phenoxy) is 2. The van der Waals surface area contributed by atoms with Gasteiger partial charge in [0.05, 0.1) is 11.2 Å². The van der Waals surface area contributed by atoms with E-state index in [9.17, 15) is 4.39 Å². The van der Waals surface area contributed by atoms with Crippen LogP contribution in [0.4, 0.5) is 4.39 Å². The maximum atomic E-state index is 14.1. The Bertz CT molecular complexity index is 1070. The quantitative estimate of drug-likeness (QED) is 0.527. The molecule has 2 aromatic carbocycles. The highest BCUT2D eigenvalue weighted by Gasteiger charge is 2.51. The third-order valence-corrected chi connectivity index (χ3v) is 5.73. The number of hydrogen-bond acceptors (Lipinski definition) is 6. The lowest BCUT2D eigenvalue weighted by Gasteiger charge is -2.32. The molecule has 4 rings (SSSR count). The summed E-state index contributed by atoms with van der Waals surface area (Å²) in [5.74, 6) is 1.48. The van der Waals surface area contributed by atoms with Crippen LogP contribution in [-0.2, 0) is 15.9 Å². The molecule has 1 aliphatic rings. The minimum atomic E-state index is -0.452. The van der Waals surface area contributed by atoms with Crippen LogP contribution in [0.3, 0.4) is 0 Å². The molecule has 0 N–H and O–H groups in total. The molecule has 1 fully saturated rings. The van der Waals surface area contributed by atoms with Crippen LogP contribution in [0.25, 0.3) is 0 Å². The summed E-state index contributed by atoms with van der Waals surface area (Å²) in [6.45, 7) is 10.1. The molecule has 0 saturated carbocycles. The SMILES string of the molecule is Cc1ncc(COc2cc(F)cc(Oc3ccc(B4OC(C)(C)C(C)(C)O4)cc3)c2)cn1. The Hall–Kier alpha value is -2.97. The minimum absolute atomic E-state index is 0.228. The Morgan fingerprint density at radius 3 is 2.09 bits per heavy atom. The van der Waals surface area contributed by atoms with Crippen LogP contribution in [0, 0.1) is 12.7 Å². The van der Waals surface area contributed by atoms with Crippen LogP contribution in [0.1, 0.15) is 39.1 Å². The molecule has 0 radical (unpaired) electrons. The number of rotatable bonds is 6. The molecule has 0 aliphatic carbocycles. The molecule has 0 spiro atoms. The first-order chi connectivity index (χ1) is 15.1. The second-order valence-electron chi connectivity index (χ2n) is 8.81. The highest BCUT2D eigenvalue weighted by molar-refractivity contribution is 6.62. The number of benzene rings is 2. The Morgan fingerprint density at radius 1 is 0.875 bits per heavy atom. The van der Waals surface area contributed by atoms with Gasteiger partial charge < -0.3 is 18.8 Å². The summed E-state index contributed by atoms with van der Waals surface area (Å²) in [7, 11) is -0.450. The van der Waals surface area contributed by atoms with Crippen molar-refractivity contribution in [2.75, 3.05) is 0 Å². The van der Waals surface area contributed by atoms with Crippen LogP contribution < -0.4 is 14.9 Å². The number of hydrogen-bond donors (Lipinski definition) is 0. The average molecular weight is 436 g/mol. The Labute approximate surface area is 187 Å². The molecule has 2 heterocycles. The first-order valence-electron chi connectivity index (χ1n) is 10.5. The predicted octanol–water partition coefficient (Wildman–Crippen LogP) is 4.59. The minimum Gasteiger partial charge on any atom is -0.489 e. The zero-order chi connectivity index (χ0) is 22.9. The lowest BCUT2D eigenvalue weighted by molar-refractivity contribution is 0.00578. The third-order valence-electron chi connectivity index (χ3n) is 5.73. The van der Waals surface area contributed by atoms with Crippen LogP contribution in [0.2, 0.25) is 0 Å². The van der Waals surface area contributed by atoms with Crippen LogP contribution >= 0.6 is 0 Å². The van der Waals surface area contributed by atoms with E-state index < -0.39 is 24.1 Å². The molecule has 0 unspecified atom stereocenters. The van der Waals surface area contributed by atoms with Gasteiger partial charge in [-0.3, -0.25) is 0 Å². The largest absolute Gasteiger partial charge is 0.494 e. The van der Waals surface area contributed by atoms with Crippen LogP contribution in [0.15, 0.2) is 54.9 Å². The lowest BCUT2D eigenvalue weighted by Crippen LogP contribution is -2.41. The number of aromatic nitrogens is 2. The van der Waals surface area contributed by atoms with Crippen molar-refractivity contribution in [3.8, 4) is 17.2 Å². The Morgan fingerprint density at radius 2 is 1.47 bits per heavy atom. The van der Waals surface area contributed by atoms with Gasteiger partial charge in [0.1, 0.15) is 35.5 Å². The molecular weight excluding hydrogens is 410 g/mol. The maximum absolute atomic E-state index is 14.1. The zero-order valence-electron chi connectivity index (χ0n) is 18.9. The van der Waals surface area contributed by atoms with Gasteiger partial charge in [-0.25, -0.2) is 14.4 Å². The monoisotopic (exact) mass is 436 g/mol. The van der Waals surface area contributed by atoms with E-state index in [4.69, 9.17) is 18.8 Å². The molecule has 1 saturated heterocycles. The van der Waals surface area contributed by atoms with Crippen molar-refractivity contribution in [3.63, 3.8) is 0 Å². The highest BCUT2D eigenvalue weighted by Crippen LogP contribution is 2.36. The number of halogens is 1. The van der Waals surface area contributed by atoms with E-state index in [0.29, 0.717) is 23.1 Å². The van der Waals surface area contributed by atoms with Gasteiger partial charge in [0, 0.05) is 36.2 Å². The van der Waals surface area contributed by atoms with Crippen molar-refractivity contribution in [2.45, 2.75) is 52.4 Å².